The molecular weight excluding hydrogens is 404 g/mol. The maximum absolute atomic E-state index is 10.5. The van der Waals surface area contributed by atoms with Crippen LogP contribution in [0.15, 0.2) is 42.7 Å². The third-order valence-electron chi connectivity index (χ3n) is 6.05. The van der Waals surface area contributed by atoms with Crippen LogP contribution in [0.25, 0.3) is 0 Å². The molecule has 0 amide bonds. The summed E-state index contributed by atoms with van der Waals surface area (Å²) in [5.41, 5.74) is 2.42. The van der Waals surface area contributed by atoms with Crippen LogP contribution in [0, 0.1) is 0 Å². The van der Waals surface area contributed by atoms with Crippen molar-refractivity contribution in [2.75, 3.05) is 59.5 Å². The number of likely N-dealkylation sites (N-methyl/N-ethyl adjacent to an activating group) is 1. The smallest absolute Gasteiger partial charge is 0.161 e. The first-order valence-electron chi connectivity index (χ1n) is 11.6. The van der Waals surface area contributed by atoms with Gasteiger partial charge in [0.2, 0.25) is 0 Å². The maximum Gasteiger partial charge on any atom is 0.161 e. The van der Waals surface area contributed by atoms with Crippen molar-refractivity contribution in [1.29, 1.82) is 0 Å². The zero-order valence-corrected chi connectivity index (χ0v) is 19.7. The molecule has 0 radical (unpaired) electrons. The standard InChI is InChI=1S/C25H38N4O3/c1-4-27-12-14-29(15-13-27)19-23(30)20-32-24-7-6-22(16-25(24)31-3)18-28(5-2)17-21-8-10-26-11-9-21/h6-11,16,23,30H,4-5,12-15,17-20H2,1-3H3. The van der Waals surface area contributed by atoms with Crippen LogP contribution in [0.4, 0.5) is 0 Å². The Kier molecular flexibility index (Phi) is 9.74. The van der Waals surface area contributed by atoms with Gasteiger partial charge in [-0.1, -0.05) is 19.9 Å². The Morgan fingerprint density at radius 2 is 1.66 bits per heavy atom. The van der Waals surface area contributed by atoms with E-state index in [1.54, 1.807) is 7.11 Å². The first-order valence-corrected chi connectivity index (χ1v) is 11.6. The third-order valence-corrected chi connectivity index (χ3v) is 6.05. The van der Waals surface area contributed by atoms with Gasteiger partial charge in [-0.3, -0.25) is 14.8 Å². The van der Waals surface area contributed by atoms with E-state index >= 15 is 0 Å². The second-order valence-electron chi connectivity index (χ2n) is 8.34. The lowest BCUT2D eigenvalue weighted by molar-refractivity contribution is 0.0464. The molecule has 32 heavy (non-hydrogen) atoms. The van der Waals surface area contributed by atoms with Crippen LogP contribution in [-0.2, 0) is 13.1 Å². The van der Waals surface area contributed by atoms with E-state index in [0.717, 1.165) is 52.4 Å². The van der Waals surface area contributed by atoms with Crippen LogP contribution in [0.3, 0.4) is 0 Å². The first-order chi connectivity index (χ1) is 15.6. The summed E-state index contributed by atoms with van der Waals surface area (Å²) >= 11 is 0. The highest BCUT2D eigenvalue weighted by molar-refractivity contribution is 5.43. The molecule has 2 aromatic rings. The molecule has 1 aliphatic heterocycles. The number of nitrogens with zero attached hydrogens (tertiary/aromatic N) is 4. The van der Waals surface area contributed by atoms with Crippen molar-refractivity contribution < 1.29 is 14.6 Å². The number of aliphatic hydroxyl groups is 1. The van der Waals surface area contributed by atoms with Crippen molar-refractivity contribution in [2.45, 2.75) is 33.0 Å². The molecule has 7 nitrogen and oxygen atoms in total. The number of pyridine rings is 1. The van der Waals surface area contributed by atoms with Crippen molar-refractivity contribution in [3.8, 4) is 11.5 Å². The fraction of sp³-hybridized carbons (Fsp3) is 0.560. The minimum absolute atomic E-state index is 0.257. The van der Waals surface area contributed by atoms with Gasteiger partial charge in [-0.2, -0.15) is 0 Å². The largest absolute Gasteiger partial charge is 0.493 e. The van der Waals surface area contributed by atoms with Gasteiger partial charge in [0.1, 0.15) is 12.7 Å². The van der Waals surface area contributed by atoms with Gasteiger partial charge in [-0.15, -0.1) is 0 Å². The molecule has 0 spiro atoms. The van der Waals surface area contributed by atoms with Crippen molar-refractivity contribution >= 4 is 0 Å². The number of rotatable bonds is 12. The zero-order valence-electron chi connectivity index (χ0n) is 19.7. The van der Waals surface area contributed by atoms with E-state index in [0.29, 0.717) is 18.0 Å². The highest BCUT2D eigenvalue weighted by atomic mass is 16.5. The second-order valence-corrected chi connectivity index (χ2v) is 8.34. The van der Waals surface area contributed by atoms with Crippen molar-refractivity contribution in [2.24, 2.45) is 0 Å². The van der Waals surface area contributed by atoms with E-state index in [1.807, 2.05) is 24.5 Å². The SMILES string of the molecule is CCN1CCN(CC(O)COc2ccc(CN(CC)Cc3ccncc3)cc2OC)CC1. The summed E-state index contributed by atoms with van der Waals surface area (Å²) in [5, 5.41) is 10.5. The Hall–Kier alpha value is -2.19. The summed E-state index contributed by atoms with van der Waals surface area (Å²) in [6, 6.07) is 10.1. The van der Waals surface area contributed by atoms with E-state index in [2.05, 4.69) is 51.7 Å². The average molecular weight is 443 g/mol. The van der Waals surface area contributed by atoms with E-state index in [-0.39, 0.29) is 6.61 Å². The number of piperazine rings is 1. The van der Waals surface area contributed by atoms with E-state index in [4.69, 9.17) is 9.47 Å². The summed E-state index contributed by atoms with van der Waals surface area (Å²) in [5.74, 6) is 1.37. The molecule has 1 aromatic carbocycles. The third kappa shape index (κ3) is 7.45. The topological polar surface area (TPSA) is 61.3 Å². The fourth-order valence-corrected chi connectivity index (χ4v) is 4.04. The summed E-state index contributed by atoms with van der Waals surface area (Å²) in [7, 11) is 1.66. The van der Waals surface area contributed by atoms with Gasteiger partial charge >= 0.3 is 0 Å². The number of β-amino-alcohol motifs (C(OH)–C–C–N with tert-alkyl or cyclic N) is 1. The number of benzene rings is 1. The Labute approximate surface area is 192 Å². The molecule has 0 bridgehead atoms. The minimum atomic E-state index is -0.525. The molecule has 1 N–H and O–H groups in total. The van der Waals surface area contributed by atoms with Crippen molar-refractivity contribution in [3.05, 3.63) is 53.9 Å². The lowest BCUT2D eigenvalue weighted by Crippen LogP contribution is -2.49. The van der Waals surface area contributed by atoms with Gasteiger partial charge in [-0.05, 0) is 48.5 Å². The highest BCUT2D eigenvalue weighted by Gasteiger charge is 2.19. The Morgan fingerprint density at radius 1 is 0.969 bits per heavy atom. The monoisotopic (exact) mass is 442 g/mol. The summed E-state index contributed by atoms with van der Waals surface area (Å²) in [6.45, 7) is 13.1. The molecule has 0 saturated carbocycles. The number of aromatic nitrogens is 1. The normalized spacial score (nSPS) is 16.3. The van der Waals surface area contributed by atoms with Crippen LogP contribution < -0.4 is 9.47 Å². The lowest BCUT2D eigenvalue weighted by Gasteiger charge is -2.34. The second kappa shape index (κ2) is 12.7. The number of hydrogen-bond donors (Lipinski definition) is 1. The van der Waals surface area contributed by atoms with Gasteiger partial charge in [-0.25, -0.2) is 0 Å². The van der Waals surface area contributed by atoms with Crippen LogP contribution in [-0.4, -0.2) is 90.4 Å². The molecule has 2 heterocycles. The molecule has 1 fully saturated rings. The highest BCUT2D eigenvalue weighted by Crippen LogP contribution is 2.29. The van der Waals surface area contributed by atoms with Gasteiger partial charge < -0.3 is 19.5 Å². The van der Waals surface area contributed by atoms with Crippen LogP contribution in [0.5, 0.6) is 11.5 Å². The van der Waals surface area contributed by atoms with Crippen LogP contribution in [0.2, 0.25) is 0 Å². The minimum Gasteiger partial charge on any atom is -0.493 e. The molecule has 1 aliphatic rings. The average Bonchev–Trinajstić information content (AvgIpc) is 2.83. The van der Waals surface area contributed by atoms with Crippen molar-refractivity contribution in [3.63, 3.8) is 0 Å². The predicted molar refractivity (Wildman–Crippen MR) is 127 cm³/mol. The molecule has 7 heteroatoms. The van der Waals surface area contributed by atoms with Crippen LogP contribution in [0.1, 0.15) is 25.0 Å². The van der Waals surface area contributed by atoms with Crippen molar-refractivity contribution in [1.82, 2.24) is 19.7 Å². The molecule has 0 aliphatic carbocycles. The van der Waals surface area contributed by atoms with Crippen LogP contribution >= 0.6 is 0 Å². The molecule has 1 aromatic heterocycles. The molecule has 176 valence electrons. The van der Waals surface area contributed by atoms with Gasteiger partial charge in [0.15, 0.2) is 11.5 Å². The zero-order chi connectivity index (χ0) is 22.8. The number of ether oxygens (including phenoxy) is 2. The number of aliphatic hydroxyl groups excluding tert-OH is 1. The quantitative estimate of drug-likeness (QED) is 0.542. The predicted octanol–water partition coefficient (Wildman–Crippen LogP) is 2.49. The van der Waals surface area contributed by atoms with Gasteiger partial charge in [0.05, 0.1) is 7.11 Å². The number of hydrogen-bond acceptors (Lipinski definition) is 7. The summed E-state index contributed by atoms with van der Waals surface area (Å²) < 4.78 is 11.5. The maximum atomic E-state index is 10.5. The van der Waals surface area contributed by atoms with Gasteiger partial charge in [0.25, 0.3) is 0 Å². The summed E-state index contributed by atoms with van der Waals surface area (Å²) in [6.07, 6.45) is 3.14. The molecule has 1 saturated heterocycles. The molecule has 1 unspecified atom stereocenters. The Balaban J connectivity index is 1.51. The Morgan fingerprint density at radius 3 is 2.31 bits per heavy atom. The first kappa shape index (κ1) is 24.5. The van der Waals surface area contributed by atoms with E-state index in [1.165, 1.54) is 11.1 Å². The Bertz CT molecular complexity index is 797. The van der Waals surface area contributed by atoms with E-state index in [9.17, 15) is 5.11 Å². The number of methoxy groups -OCH3 is 1. The molecule has 3 rings (SSSR count). The fourth-order valence-electron chi connectivity index (χ4n) is 4.04. The summed E-state index contributed by atoms with van der Waals surface area (Å²) in [4.78, 5) is 11.2. The lowest BCUT2D eigenvalue weighted by atomic mass is 10.1. The van der Waals surface area contributed by atoms with E-state index < -0.39 is 6.10 Å². The molecule has 1 atom stereocenters. The van der Waals surface area contributed by atoms with Gasteiger partial charge in [0, 0.05) is 58.2 Å². The molecular formula is C25H38N4O3.